The van der Waals surface area contributed by atoms with Crippen LogP contribution in [0.4, 0.5) is 0 Å². The first-order valence-corrected chi connectivity index (χ1v) is 6.21. The number of allylic oxidation sites excluding steroid dienone is 4. The third kappa shape index (κ3) is 3.54. The minimum absolute atomic E-state index is 0.618. The second kappa shape index (κ2) is 6.51. The molecule has 0 saturated heterocycles. The van der Waals surface area contributed by atoms with Gasteiger partial charge in [-0.2, -0.15) is 0 Å². The Balaban J connectivity index is 3.20. The number of hydrogen-bond acceptors (Lipinski definition) is 1. The van der Waals surface area contributed by atoms with E-state index in [1.54, 1.807) is 7.11 Å². The molecule has 0 heterocycles. The van der Waals surface area contributed by atoms with Crippen LogP contribution in [0.3, 0.4) is 0 Å². The summed E-state index contributed by atoms with van der Waals surface area (Å²) in [6.07, 6.45) is 4.17. The van der Waals surface area contributed by atoms with Crippen molar-refractivity contribution in [3.8, 4) is 0 Å². The summed E-state index contributed by atoms with van der Waals surface area (Å²) in [5.41, 5.74) is 4.28. The van der Waals surface area contributed by atoms with E-state index < -0.39 is 0 Å². The average molecular weight is 261 g/mol. The van der Waals surface area contributed by atoms with Crippen LogP contribution in [0.15, 0.2) is 42.4 Å². The highest BCUT2D eigenvalue weighted by molar-refractivity contribution is 6.32. The van der Waals surface area contributed by atoms with E-state index in [9.17, 15) is 0 Å². The maximum atomic E-state index is 6.32. The van der Waals surface area contributed by atoms with Crippen LogP contribution in [-0.4, -0.2) is 15.0 Å². The monoisotopic (exact) mass is 260 g/mol. The molecule has 0 aromatic heterocycles. The van der Waals surface area contributed by atoms with Gasteiger partial charge in [0.05, 0.1) is 7.11 Å². The van der Waals surface area contributed by atoms with Gasteiger partial charge in [0.2, 0.25) is 0 Å². The lowest BCUT2D eigenvalue weighted by atomic mass is 9.92. The fraction of sp³-hybridized carbons (Fsp3) is 0.200. The minimum atomic E-state index is 0.618. The number of methoxy groups -OCH3 is 1. The van der Waals surface area contributed by atoms with Crippen LogP contribution >= 0.6 is 11.6 Å². The molecule has 1 rings (SSSR count). The molecule has 0 atom stereocenters. The second-order valence-electron chi connectivity index (χ2n) is 4.29. The van der Waals surface area contributed by atoms with Crippen LogP contribution in [0.1, 0.15) is 25.0 Å². The molecule has 0 fully saturated rings. The van der Waals surface area contributed by atoms with Crippen LogP contribution in [0.25, 0.3) is 11.3 Å². The van der Waals surface area contributed by atoms with Crippen LogP contribution in [-0.2, 0) is 4.74 Å². The summed E-state index contributed by atoms with van der Waals surface area (Å²) in [4.78, 5) is 0. The molecule has 1 aromatic rings. The molecule has 0 spiro atoms. The van der Waals surface area contributed by atoms with E-state index in [1.807, 2.05) is 25.1 Å². The van der Waals surface area contributed by atoms with Crippen molar-refractivity contribution < 1.29 is 4.74 Å². The molecule has 0 unspecified atom stereocenters. The van der Waals surface area contributed by atoms with Gasteiger partial charge in [-0.1, -0.05) is 49.4 Å². The fourth-order valence-corrected chi connectivity index (χ4v) is 1.96. The lowest BCUT2D eigenvalue weighted by molar-refractivity contribution is 0.371. The van der Waals surface area contributed by atoms with Gasteiger partial charge >= 0.3 is 0 Å². The molecule has 94 valence electrons. The zero-order valence-electron chi connectivity index (χ0n) is 11.4. The highest BCUT2D eigenvalue weighted by Gasteiger charge is 2.07. The van der Waals surface area contributed by atoms with Crippen molar-refractivity contribution in [2.75, 3.05) is 7.11 Å². The molecule has 0 aliphatic rings. The van der Waals surface area contributed by atoms with Crippen LogP contribution in [0.5, 0.6) is 0 Å². The van der Waals surface area contributed by atoms with Crippen molar-refractivity contribution in [3.05, 3.63) is 58.6 Å². The van der Waals surface area contributed by atoms with Crippen molar-refractivity contribution >= 4 is 30.8 Å². The van der Waals surface area contributed by atoms with Gasteiger partial charge in [0, 0.05) is 10.6 Å². The first-order valence-electron chi connectivity index (χ1n) is 5.84. The van der Waals surface area contributed by atoms with Crippen LogP contribution < -0.4 is 0 Å². The molecular weight excluding hydrogens is 242 g/mol. The number of halogens is 1. The van der Waals surface area contributed by atoms with Gasteiger partial charge in [-0.15, -0.1) is 5.47 Å². The SMILES string of the molecule is B/C(C)=C/C(=C\C)c1ccc(C(=C)OC)cc1Cl. The van der Waals surface area contributed by atoms with Crippen LogP contribution in [0.2, 0.25) is 5.02 Å². The lowest BCUT2D eigenvalue weighted by Gasteiger charge is -2.10. The van der Waals surface area contributed by atoms with Gasteiger partial charge < -0.3 is 4.74 Å². The molecule has 1 nitrogen and oxygen atoms in total. The number of hydrogen-bond donors (Lipinski definition) is 0. The van der Waals surface area contributed by atoms with Crippen molar-refractivity contribution in [3.63, 3.8) is 0 Å². The van der Waals surface area contributed by atoms with Crippen molar-refractivity contribution in [2.45, 2.75) is 13.8 Å². The summed E-state index contributed by atoms with van der Waals surface area (Å²) in [6.45, 7) is 7.90. The Morgan fingerprint density at radius 3 is 2.56 bits per heavy atom. The van der Waals surface area contributed by atoms with E-state index in [4.69, 9.17) is 16.3 Å². The van der Waals surface area contributed by atoms with E-state index in [0.717, 1.165) is 16.7 Å². The van der Waals surface area contributed by atoms with Gasteiger partial charge in [-0.05, 0) is 24.1 Å². The quantitative estimate of drug-likeness (QED) is 0.453. The average Bonchev–Trinajstić information content (AvgIpc) is 2.35. The van der Waals surface area contributed by atoms with E-state index >= 15 is 0 Å². The molecule has 3 heteroatoms. The topological polar surface area (TPSA) is 9.23 Å². The lowest BCUT2D eigenvalue weighted by Crippen LogP contribution is -1.90. The zero-order chi connectivity index (χ0) is 13.7. The summed E-state index contributed by atoms with van der Waals surface area (Å²) in [7, 11) is 3.67. The minimum Gasteiger partial charge on any atom is -0.497 e. The third-order valence-electron chi connectivity index (χ3n) is 2.60. The van der Waals surface area contributed by atoms with E-state index in [2.05, 4.69) is 33.5 Å². The Kier molecular flexibility index (Phi) is 5.30. The van der Waals surface area contributed by atoms with E-state index in [0.29, 0.717) is 10.8 Å². The molecule has 18 heavy (non-hydrogen) atoms. The third-order valence-corrected chi connectivity index (χ3v) is 2.92. The molecule has 0 radical (unpaired) electrons. The van der Waals surface area contributed by atoms with Gasteiger partial charge in [-0.25, -0.2) is 0 Å². The summed E-state index contributed by atoms with van der Waals surface area (Å²) in [6, 6.07) is 5.84. The summed E-state index contributed by atoms with van der Waals surface area (Å²) < 4.78 is 5.10. The number of rotatable bonds is 4. The first-order chi connectivity index (χ1) is 8.49. The largest absolute Gasteiger partial charge is 0.497 e. The number of ether oxygens (including phenoxy) is 1. The molecule has 0 N–H and O–H groups in total. The summed E-state index contributed by atoms with van der Waals surface area (Å²) >= 11 is 6.32. The molecule has 0 aliphatic carbocycles. The van der Waals surface area contributed by atoms with Gasteiger partial charge in [-0.3, -0.25) is 0 Å². The summed E-state index contributed by atoms with van der Waals surface area (Å²) in [5, 5.41) is 0.705. The zero-order valence-corrected chi connectivity index (χ0v) is 12.1. The fourth-order valence-electron chi connectivity index (χ4n) is 1.67. The van der Waals surface area contributed by atoms with Crippen molar-refractivity contribution in [1.29, 1.82) is 0 Å². The van der Waals surface area contributed by atoms with Gasteiger partial charge in [0.15, 0.2) is 0 Å². The second-order valence-corrected chi connectivity index (χ2v) is 4.69. The molecular formula is C15H18BClO. The van der Waals surface area contributed by atoms with Crippen molar-refractivity contribution in [2.24, 2.45) is 0 Å². The Labute approximate surface area is 115 Å². The maximum Gasteiger partial charge on any atom is 0.133 e. The Bertz CT molecular complexity index is 511. The number of benzene rings is 1. The predicted molar refractivity (Wildman–Crippen MR) is 83.4 cm³/mol. The van der Waals surface area contributed by atoms with E-state index in [1.165, 1.54) is 5.47 Å². The molecule has 0 saturated carbocycles. The molecule has 0 aliphatic heterocycles. The maximum absolute atomic E-state index is 6.32. The highest BCUT2D eigenvalue weighted by atomic mass is 35.5. The molecule has 0 bridgehead atoms. The van der Waals surface area contributed by atoms with Gasteiger partial charge in [0.25, 0.3) is 0 Å². The Morgan fingerprint density at radius 1 is 1.44 bits per heavy atom. The predicted octanol–water partition coefficient (Wildman–Crippen LogP) is 3.90. The molecule has 0 amide bonds. The van der Waals surface area contributed by atoms with Crippen LogP contribution in [0, 0.1) is 0 Å². The smallest absolute Gasteiger partial charge is 0.133 e. The Morgan fingerprint density at radius 2 is 2.11 bits per heavy atom. The Hall–Kier alpha value is -1.41. The van der Waals surface area contributed by atoms with E-state index in [-0.39, 0.29) is 0 Å². The normalized spacial score (nSPS) is 12.4. The first kappa shape index (κ1) is 14.7. The van der Waals surface area contributed by atoms with Gasteiger partial charge in [0.1, 0.15) is 13.6 Å². The molecule has 1 aromatic carbocycles. The summed E-state index contributed by atoms with van der Waals surface area (Å²) in [5.74, 6) is 0.618. The van der Waals surface area contributed by atoms with Crippen molar-refractivity contribution in [1.82, 2.24) is 0 Å². The highest BCUT2D eigenvalue weighted by Crippen LogP contribution is 2.28. The standard InChI is InChI=1S/C15H18BClO/c1-5-12(8-10(2)16)14-7-6-13(9-15(14)17)11(3)18-4/h5-9H,3,16H2,1-2,4H3/b10-8+,12-5+.